The first-order valence-corrected chi connectivity index (χ1v) is 7.80. The summed E-state index contributed by atoms with van der Waals surface area (Å²) in [5, 5.41) is 17.7. The fourth-order valence-corrected chi connectivity index (χ4v) is 3.22. The average Bonchev–Trinajstić information content (AvgIpc) is 3.00. The fourth-order valence-electron chi connectivity index (χ4n) is 3.22. The largest absolute Gasteiger partial charge is 0.368 e. The lowest BCUT2D eigenvalue weighted by Gasteiger charge is -2.41. The summed E-state index contributed by atoms with van der Waals surface area (Å²) in [6.45, 7) is 1.66. The third-order valence-corrected chi connectivity index (χ3v) is 4.44. The first-order valence-electron chi connectivity index (χ1n) is 7.80. The number of benzene rings is 1. The van der Waals surface area contributed by atoms with E-state index in [2.05, 4.69) is 26.2 Å². The van der Waals surface area contributed by atoms with Crippen molar-refractivity contribution in [1.82, 2.24) is 19.7 Å². The quantitative estimate of drug-likeness (QED) is 0.742. The Morgan fingerprint density at radius 3 is 2.75 bits per heavy atom. The Bertz CT molecular complexity index is 903. The van der Waals surface area contributed by atoms with Crippen LogP contribution in [-0.4, -0.2) is 32.8 Å². The van der Waals surface area contributed by atoms with Gasteiger partial charge in [-0.3, -0.25) is 4.98 Å². The maximum Gasteiger partial charge on any atom is 0.139 e. The summed E-state index contributed by atoms with van der Waals surface area (Å²) >= 11 is 0. The zero-order chi connectivity index (χ0) is 16.5. The number of nitriles is 1. The number of aromatic nitrogens is 4. The number of hydrogen-bond donors (Lipinski definition) is 0. The van der Waals surface area contributed by atoms with E-state index in [4.69, 9.17) is 0 Å². The molecule has 2 aromatic heterocycles. The molecule has 6 nitrogen and oxygen atoms in total. The highest BCUT2D eigenvalue weighted by atomic mass is 15.3. The van der Waals surface area contributed by atoms with Crippen molar-refractivity contribution >= 4 is 5.69 Å². The summed E-state index contributed by atoms with van der Waals surface area (Å²) in [6.07, 6.45) is 5.31. The molecule has 24 heavy (non-hydrogen) atoms. The zero-order valence-electron chi connectivity index (χ0n) is 13.3. The van der Waals surface area contributed by atoms with Gasteiger partial charge in [-0.25, -0.2) is 0 Å². The van der Waals surface area contributed by atoms with E-state index < -0.39 is 0 Å². The monoisotopic (exact) mass is 316 g/mol. The molecular formula is C18H16N6. The molecule has 4 rings (SSSR count). The topological polar surface area (TPSA) is 70.6 Å². The Labute approximate surface area is 140 Å². The van der Waals surface area contributed by atoms with Gasteiger partial charge in [-0.1, -0.05) is 18.2 Å². The minimum atomic E-state index is 0.339. The molecule has 0 radical (unpaired) electrons. The Morgan fingerprint density at radius 1 is 1.21 bits per heavy atom. The summed E-state index contributed by atoms with van der Waals surface area (Å²) in [6, 6.07) is 12.1. The minimum Gasteiger partial charge on any atom is -0.368 e. The predicted octanol–water partition coefficient (Wildman–Crippen LogP) is 2.35. The third kappa shape index (κ3) is 2.31. The predicted molar refractivity (Wildman–Crippen MR) is 90.3 cm³/mol. The van der Waals surface area contributed by atoms with Crippen molar-refractivity contribution in [3.05, 3.63) is 60.4 Å². The van der Waals surface area contributed by atoms with Crippen LogP contribution in [0.1, 0.15) is 17.3 Å². The first kappa shape index (κ1) is 14.4. The van der Waals surface area contributed by atoms with Crippen LogP contribution < -0.4 is 4.90 Å². The third-order valence-electron chi connectivity index (χ3n) is 4.44. The van der Waals surface area contributed by atoms with Gasteiger partial charge < -0.3 is 9.47 Å². The summed E-state index contributed by atoms with van der Waals surface area (Å²) in [7, 11) is 1.96. The van der Waals surface area contributed by atoms with E-state index in [1.54, 1.807) is 12.5 Å². The molecule has 0 atom stereocenters. The van der Waals surface area contributed by atoms with E-state index in [0.717, 1.165) is 35.7 Å². The molecule has 0 bridgehead atoms. The maximum atomic E-state index is 9.53. The Morgan fingerprint density at radius 2 is 2.08 bits per heavy atom. The van der Waals surface area contributed by atoms with Crippen molar-refractivity contribution < 1.29 is 0 Å². The van der Waals surface area contributed by atoms with Crippen molar-refractivity contribution in [3.63, 3.8) is 0 Å². The van der Waals surface area contributed by atoms with Gasteiger partial charge in [-0.05, 0) is 12.1 Å². The normalized spacial score (nSPS) is 14.2. The molecule has 3 aromatic rings. The van der Waals surface area contributed by atoms with Gasteiger partial charge in [-0.2, -0.15) is 5.26 Å². The standard InChI is InChI=1S/C18H16N6/c1-23-12-21-22-18(23)15-10-24(11-15)17-13(8-19)4-2-6-16(17)14-5-3-7-20-9-14/h2-7,9,12,15H,10-11H2,1H3. The van der Waals surface area contributed by atoms with Gasteiger partial charge in [0.1, 0.15) is 18.2 Å². The molecule has 0 aliphatic carbocycles. The molecule has 3 heterocycles. The van der Waals surface area contributed by atoms with Crippen LogP contribution in [0, 0.1) is 11.3 Å². The minimum absolute atomic E-state index is 0.339. The summed E-state index contributed by atoms with van der Waals surface area (Å²) in [5.74, 6) is 1.33. The van der Waals surface area contributed by atoms with Gasteiger partial charge in [0.05, 0.1) is 17.2 Å². The molecule has 1 aliphatic heterocycles. The fraction of sp³-hybridized carbons (Fsp3) is 0.222. The van der Waals surface area contributed by atoms with Crippen LogP contribution in [0.15, 0.2) is 49.1 Å². The maximum absolute atomic E-state index is 9.53. The van der Waals surface area contributed by atoms with Crippen LogP contribution in [0.2, 0.25) is 0 Å². The highest BCUT2D eigenvalue weighted by molar-refractivity contribution is 5.83. The highest BCUT2D eigenvalue weighted by Crippen LogP contribution is 2.39. The van der Waals surface area contributed by atoms with Crippen molar-refractivity contribution in [2.75, 3.05) is 18.0 Å². The number of aryl methyl sites for hydroxylation is 1. The lowest BCUT2D eigenvalue weighted by molar-refractivity contribution is 0.487. The van der Waals surface area contributed by atoms with E-state index in [1.165, 1.54) is 0 Å². The SMILES string of the molecule is Cn1cnnc1C1CN(c2c(C#N)cccc2-c2cccnc2)C1. The van der Waals surface area contributed by atoms with E-state index in [0.29, 0.717) is 11.5 Å². The van der Waals surface area contributed by atoms with Crippen molar-refractivity contribution in [2.45, 2.75) is 5.92 Å². The van der Waals surface area contributed by atoms with Gasteiger partial charge in [0.25, 0.3) is 0 Å². The van der Waals surface area contributed by atoms with Gasteiger partial charge >= 0.3 is 0 Å². The van der Waals surface area contributed by atoms with Gasteiger partial charge in [0.15, 0.2) is 0 Å². The van der Waals surface area contributed by atoms with E-state index >= 15 is 0 Å². The molecule has 1 fully saturated rings. The number of anilines is 1. The van der Waals surface area contributed by atoms with Crippen molar-refractivity contribution in [1.29, 1.82) is 5.26 Å². The van der Waals surface area contributed by atoms with Crippen LogP contribution in [0.4, 0.5) is 5.69 Å². The summed E-state index contributed by atoms with van der Waals surface area (Å²) < 4.78 is 1.96. The molecule has 0 unspecified atom stereocenters. The van der Waals surface area contributed by atoms with E-state index in [1.807, 2.05) is 48.1 Å². The summed E-state index contributed by atoms with van der Waals surface area (Å²) in [5.41, 5.74) is 3.73. The lowest BCUT2D eigenvalue weighted by Crippen LogP contribution is -2.46. The molecule has 1 aromatic carbocycles. The molecule has 0 N–H and O–H groups in total. The number of hydrogen-bond acceptors (Lipinski definition) is 5. The second-order valence-corrected chi connectivity index (χ2v) is 5.96. The molecule has 0 saturated carbocycles. The van der Waals surface area contributed by atoms with Gasteiger partial charge in [0, 0.05) is 43.7 Å². The van der Waals surface area contributed by atoms with Crippen LogP contribution in [0.25, 0.3) is 11.1 Å². The second kappa shape index (κ2) is 5.78. The van der Waals surface area contributed by atoms with E-state index in [-0.39, 0.29) is 0 Å². The van der Waals surface area contributed by atoms with Crippen LogP contribution in [0.5, 0.6) is 0 Å². The van der Waals surface area contributed by atoms with Crippen molar-refractivity contribution in [2.24, 2.45) is 7.05 Å². The molecule has 0 spiro atoms. The van der Waals surface area contributed by atoms with Gasteiger partial charge in [-0.15, -0.1) is 10.2 Å². The number of nitrogens with zero attached hydrogens (tertiary/aromatic N) is 6. The molecule has 6 heteroatoms. The molecule has 0 amide bonds. The molecular weight excluding hydrogens is 300 g/mol. The van der Waals surface area contributed by atoms with Crippen LogP contribution in [0.3, 0.4) is 0 Å². The number of pyridine rings is 1. The molecule has 1 aliphatic rings. The average molecular weight is 316 g/mol. The molecule has 118 valence electrons. The Balaban J connectivity index is 1.69. The Kier molecular flexibility index (Phi) is 3.47. The highest BCUT2D eigenvalue weighted by Gasteiger charge is 2.34. The number of para-hydroxylation sites is 1. The van der Waals surface area contributed by atoms with E-state index in [9.17, 15) is 5.26 Å². The summed E-state index contributed by atoms with van der Waals surface area (Å²) in [4.78, 5) is 6.44. The smallest absolute Gasteiger partial charge is 0.139 e. The molecule has 1 saturated heterocycles. The second-order valence-electron chi connectivity index (χ2n) is 5.96. The Hall–Kier alpha value is -3.20. The van der Waals surface area contributed by atoms with Crippen LogP contribution in [-0.2, 0) is 7.05 Å². The van der Waals surface area contributed by atoms with Crippen LogP contribution >= 0.6 is 0 Å². The number of rotatable bonds is 3. The van der Waals surface area contributed by atoms with Gasteiger partial charge in [0.2, 0.25) is 0 Å². The first-order chi connectivity index (χ1) is 11.8. The van der Waals surface area contributed by atoms with Crippen molar-refractivity contribution in [3.8, 4) is 17.2 Å². The lowest BCUT2D eigenvalue weighted by atomic mass is 9.93. The zero-order valence-corrected chi connectivity index (χ0v) is 13.3.